The predicted molar refractivity (Wildman–Crippen MR) is 208 cm³/mol. The Hall–Kier alpha value is -2.83. The molecular formula is C38H67N5O11S. The van der Waals surface area contributed by atoms with E-state index in [0.29, 0.717) is 19.3 Å². The molecule has 0 unspecified atom stereocenters. The average molecular weight is 802 g/mol. The molecular weight excluding hydrogens is 735 g/mol. The number of aromatic nitrogens is 3. The van der Waals surface area contributed by atoms with Crippen LogP contribution in [0.5, 0.6) is 0 Å². The van der Waals surface area contributed by atoms with E-state index in [2.05, 4.69) is 41.7 Å². The number of aliphatic hydroxyl groups excluding tert-OH is 5. The van der Waals surface area contributed by atoms with Gasteiger partial charge in [-0.25, -0.2) is 4.68 Å². The zero-order valence-corrected chi connectivity index (χ0v) is 33.8. The highest BCUT2D eigenvalue weighted by Crippen LogP contribution is 2.30. The molecule has 1 saturated carbocycles. The summed E-state index contributed by atoms with van der Waals surface area (Å²) in [5, 5.41) is 64.2. The van der Waals surface area contributed by atoms with Gasteiger partial charge in [0.25, 0.3) is 0 Å². The lowest BCUT2D eigenvalue weighted by molar-refractivity contribution is -0.200. The van der Waals surface area contributed by atoms with Crippen molar-refractivity contribution < 1.29 is 54.2 Å². The van der Waals surface area contributed by atoms with Crippen LogP contribution in [0.25, 0.3) is 0 Å². The fourth-order valence-electron chi connectivity index (χ4n) is 6.24. The van der Waals surface area contributed by atoms with E-state index < -0.39 is 60.6 Å². The maximum absolute atomic E-state index is 13.6. The van der Waals surface area contributed by atoms with Gasteiger partial charge in [0, 0.05) is 30.8 Å². The Morgan fingerprint density at radius 1 is 0.709 bits per heavy atom. The van der Waals surface area contributed by atoms with Crippen LogP contribution < -0.4 is 10.6 Å². The number of esters is 2. The quantitative estimate of drug-likeness (QED) is 0.0454. The van der Waals surface area contributed by atoms with Crippen LogP contribution in [0.3, 0.4) is 0 Å². The first kappa shape index (κ1) is 48.3. The molecule has 2 amide bonds. The van der Waals surface area contributed by atoms with Gasteiger partial charge in [-0.2, -0.15) is 11.8 Å². The van der Waals surface area contributed by atoms with Crippen molar-refractivity contribution in [3.63, 3.8) is 0 Å². The fourth-order valence-corrected chi connectivity index (χ4v) is 7.27. The van der Waals surface area contributed by atoms with Crippen LogP contribution in [-0.2, 0) is 28.7 Å². The molecule has 1 heterocycles. The highest BCUT2D eigenvalue weighted by Gasteiger charge is 2.49. The van der Waals surface area contributed by atoms with Crippen LogP contribution in [0.2, 0.25) is 0 Å². The molecule has 16 nitrogen and oxygen atoms in total. The fraction of sp³-hybridized carbons (Fsp3) is 0.842. The zero-order valence-electron chi connectivity index (χ0n) is 33.0. The number of carbonyl (C=O) groups is 4. The van der Waals surface area contributed by atoms with E-state index in [1.165, 1.54) is 18.0 Å². The third-order valence-electron chi connectivity index (χ3n) is 9.61. The summed E-state index contributed by atoms with van der Waals surface area (Å²) in [5.41, 5.74) is 0. The molecule has 1 aliphatic rings. The smallest absolute Gasteiger partial charge is 0.306 e. The van der Waals surface area contributed by atoms with Crippen LogP contribution in [0, 0.1) is 0 Å². The van der Waals surface area contributed by atoms with Crippen molar-refractivity contribution in [1.29, 1.82) is 0 Å². The Morgan fingerprint density at radius 3 is 1.78 bits per heavy atom. The van der Waals surface area contributed by atoms with Crippen molar-refractivity contribution in [3.8, 4) is 0 Å². The first-order valence-corrected chi connectivity index (χ1v) is 21.4. The van der Waals surface area contributed by atoms with Crippen molar-refractivity contribution in [3.05, 3.63) is 6.20 Å². The van der Waals surface area contributed by atoms with E-state index in [4.69, 9.17) is 9.47 Å². The number of nitrogens with zero attached hydrogens (tertiary/aromatic N) is 3. The Labute approximate surface area is 329 Å². The minimum absolute atomic E-state index is 0.0638. The molecule has 17 heteroatoms. The number of nitrogens with one attached hydrogen (secondary N) is 2. The second-order valence-corrected chi connectivity index (χ2v) is 15.5. The molecule has 55 heavy (non-hydrogen) atoms. The first-order valence-electron chi connectivity index (χ1n) is 20.3. The molecule has 7 N–H and O–H groups in total. The normalized spacial score (nSPS) is 22.1. The van der Waals surface area contributed by atoms with E-state index in [-0.39, 0.29) is 55.1 Å². The third kappa shape index (κ3) is 18.3. The molecule has 1 aromatic rings. The highest BCUT2D eigenvalue weighted by molar-refractivity contribution is 7.99. The van der Waals surface area contributed by atoms with Gasteiger partial charge in [0.2, 0.25) is 11.8 Å². The van der Waals surface area contributed by atoms with E-state index in [0.717, 1.165) is 81.7 Å². The molecule has 1 fully saturated rings. The number of ether oxygens (including phenoxy) is 2. The standard InChI is InChI=1S/C38H67N5O11S/c1-4-7-10-13-16-19-29(44)39-27(38(52)40-28-22-43(42-41-28)32-33(47)35(49)37(51)36(50)34(32)48)25-55-24-26(54-31(46)21-18-15-12-9-6-3)23-53-30(45)20-17-14-11-8-5-2/h22,26-27,32-37,47-51H,4-21,23-25H2,1-3H3,(H,39,44)(H,40,52)/t26-,27-,32-,33+,34+,35+,36-,37-/m1/s1. The summed E-state index contributed by atoms with van der Waals surface area (Å²) in [5.74, 6) is -1.58. The summed E-state index contributed by atoms with van der Waals surface area (Å²) >= 11 is 1.24. The van der Waals surface area contributed by atoms with Crippen molar-refractivity contribution >= 4 is 41.3 Å². The first-order chi connectivity index (χ1) is 26.4. The van der Waals surface area contributed by atoms with Gasteiger partial charge in [0.05, 0.1) is 6.20 Å². The Morgan fingerprint density at radius 2 is 1.22 bits per heavy atom. The Bertz CT molecular complexity index is 1240. The minimum Gasteiger partial charge on any atom is -0.462 e. The summed E-state index contributed by atoms with van der Waals surface area (Å²) in [6.07, 6.45) is 6.73. The lowest BCUT2D eigenvalue weighted by Crippen LogP contribution is -2.61. The lowest BCUT2D eigenvalue weighted by atomic mass is 9.83. The van der Waals surface area contributed by atoms with Crippen molar-refractivity contribution in [2.45, 2.75) is 185 Å². The van der Waals surface area contributed by atoms with E-state index >= 15 is 0 Å². The second kappa shape index (κ2) is 27.7. The number of aliphatic hydroxyl groups is 5. The van der Waals surface area contributed by atoms with Gasteiger partial charge in [0.15, 0.2) is 5.82 Å². The van der Waals surface area contributed by atoms with Gasteiger partial charge in [-0.1, -0.05) is 103 Å². The van der Waals surface area contributed by atoms with Crippen LogP contribution in [0.4, 0.5) is 5.82 Å². The van der Waals surface area contributed by atoms with E-state index in [1.54, 1.807) is 0 Å². The van der Waals surface area contributed by atoms with Gasteiger partial charge in [-0.05, 0) is 19.3 Å². The molecule has 0 spiro atoms. The second-order valence-electron chi connectivity index (χ2n) is 14.5. The summed E-state index contributed by atoms with van der Waals surface area (Å²) in [6.45, 7) is 6.20. The molecule has 8 atom stereocenters. The zero-order chi connectivity index (χ0) is 40.6. The van der Waals surface area contributed by atoms with Crippen LogP contribution in [-0.4, -0.2) is 125 Å². The number of unbranched alkanes of at least 4 members (excludes halogenated alkanes) is 12. The Balaban J connectivity index is 2.11. The van der Waals surface area contributed by atoms with Crippen molar-refractivity contribution in [2.24, 2.45) is 0 Å². The number of anilines is 1. The summed E-state index contributed by atoms with van der Waals surface area (Å²) in [7, 11) is 0. The van der Waals surface area contributed by atoms with Crippen molar-refractivity contribution in [1.82, 2.24) is 20.3 Å². The lowest BCUT2D eigenvalue weighted by Gasteiger charge is -2.41. The molecule has 0 radical (unpaired) electrons. The molecule has 316 valence electrons. The van der Waals surface area contributed by atoms with E-state index in [1.807, 2.05) is 0 Å². The molecule has 0 aliphatic heterocycles. The van der Waals surface area contributed by atoms with E-state index in [9.17, 15) is 44.7 Å². The highest BCUT2D eigenvalue weighted by atomic mass is 32.2. The summed E-state index contributed by atoms with van der Waals surface area (Å²) in [4.78, 5) is 51.8. The molecule has 0 aromatic carbocycles. The van der Waals surface area contributed by atoms with Crippen LogP contribution >= 0.6 is 11.8 Å². The monoisotopic (exact) mass is 801 g/mol. The molecule has 2 rings (SSSR count). The minimum atomic E-state index is -1.79. The summed E-state index contributed by atoms with van der Waals surface area (Å²) < 4.78 is 12.2. The third-order valence-corrected chi connectivity index (χ3v) is 10.8. The number of amides is 2. The maximum Gasteiger partial charge on any atom is 0.306 e. The maximum atomic E-state index is 13.6. The Kier molecular flexibility index (Phi) is 24.3. The van der Waals surface area contributed by atoms with Crippen molar-refractivity contribution in [2.75, 3.05) is 23.4 Å². The topological polar surface area (TPSA) is 243 Å². The number of rotatable bonds is 29. The molecule has 1 aliphatic carbocycles. The average Bonchev–Trinajstić information content (AvgIpc) is 3.62. The molecule has 0 saturated heterocycles. The number of carbonyl (C=O) groups excluding carboxylic acids is 4. The van der Waals surface area contributed by atoms with Crippen LogP contribution in [0.1, 0.15) is 142 Å². The largest absolute Gasteiger partial charge is 0.462 e. The number of hydrogen-bond donors (Lipinski definition) is 7. The van der Waals surface area contributed by atoms with Gasteiger partial charge < -0.3 is 45.6 Å². The SMILES string of the molecule is CCCCCCCC(=O)N[C@H](CSC[C@@H](COC(=O)CCCCCCC)OC(=O)CCCCCCC)C(=O)Nc1cn([C@@H]2[C@H](O)[C@H](O)[C@@H](O)[C@H](O)[C@H]2O)nn1. The molecule has 0 bridgehead atoms. The predicted octanol–water partition coefficient (Wildman–Crippen LogP) is 3.33. The number of thioether (sulfide) groups is 1. The molecule has 1 aromatic heterocycles. The van der Waals surface area contributed by atoms with Gasteiger partial charge in [0.1, 0.15) is 55.3 Å². The van der Waals surface area contributed by atoms with Crippen LogP contribution in [0.15, 0.2) is 6.20 Å². The van der Waals surface area contributed by atoms with Gasteiger partial charge in [-0.15, -0.1) is 5.10 Å². The van der Waals surface area contributed by atoms with Gasteiger partial charge >= 0.3 is 11.9 Å². The van der Waals surface area contributed by atoms with Gasteiger partial charge in [-0.3, -0.25) is 19.2 Å². The number of hydrogen-bond acceptors (Lipinski definition) is 14. The summed E-state index contributed by atoms with van der Waals surface area (Å²) in [6, 6.07) is -2.46.